The van der Waals surface area contributed by atoms with Crippen molar-refractivity contribution in [1.82, 2.24) is 19.7 Å². The molecule has 2 rings (SSSR count). The highest BCUT2D eigenvalue weighted by Gasteiger charge is 2.30. The van der Waals surface area contributed by atoms with Crippen LogP contribution in [0.25, 0.3) is 0 Å². The number of carbonyl (C=O) groups is 2. The number of rotatable bonds is 7. The topological polar surface area (TPSA) is 110 Å². The van der Waals surface area contributed by atoms with E-state index in [1.165, 1.54) is 42.7 Å². The molecule has 0 radical (unpaired) electrons. The fourth-order valence-electron chi connectivity index (χ4n) is 2.41. The van der Waals surface area contributed by atoms with Crippen LogP contribution in [0.4, 0.5) is 5.69 Å². The monoisotopic (exact) mass is 377 g/mol. The maximum absolute atomic E-state index is 12.2. The molecule has 140 valence electrons. The smallest absolute Gasteiger partial charge is 0.331 e. The van der Waals surface area contributed by atoms with Crippen molar-refractivity contribution in [2.75, 3.05) is 11.6 Å². The molecule has 8 nitrogen and oxygen atoms in total. The first-order valence-corrected chi connectivity index (χ1v) is 9.34. The van der Waals surface area contributed by atoms with Crippen LogP contribution in [0.2, 0.25) is 0 Å². The summed E-state index contributed by atoms with van der Waals surface area (Å²) in [7, 11) is 0. The van der Waals surface area contributed by atoms with E-state index in [4.69, 9.17) is 0 Å². The molecule has 0 saturated heterocycles. The normalized spacial score (nSPS) is 11.4. The molecule has 9 heteroatoms. The fraction of sp³-hybridized carbons (Fsp3) is 0.471. The van der Waals surface area contributed by atoms with E-state index in [1.54, 1.807) is 0 Å². The minimum atomic E-state index is -1.19. The van der Waals surface area contributed by atoms with Crippen LogP contribution >= 0.6 is 11.8 Å². The lowest BCUT2D eigenvalue weighted by Gasteiger charge is -2.19. The van der Waals surface area contributed by atoms with Gasteiger partial charge in [0, 0.05) is 24.0 Å². The van der Waals surface area contributed by atoms with Gasteiger partial charge in [-0.25, -0.2) is 14.8 Å². The molecule has 0 aliphatic rings. The Kier molecular flexibility index (Phi) is 6.01. The maximum Gasteiger partial charge on any atom is 0.331 e. The van der Waals surface area contributed by atoms with E-state index >= 15 is 0 Å². The Hall–Kier alpha value is -2.42. The summed E-state index contributed by atoms with van der Waals surface area (Å²) in [5.74, 6) is -1.18. The molecule has 2 aromatic rings. The number of carboxylic acids is 1. The molecule has 0 atom stereocenters. The van der Waals surface area contributed by atoms with Crippen LogP contribution in [0.15, 0.2) is 17.6 Å². The second-order valence-corrected chi connectivity index (χ2v) is 7.22. The Labute approximate surface area is 156 Å². The third-order valence-corrected chi connectivity index (χ3v) is 4.69. The second-order valence-electron chi connectivity index (χ2n) is 6.45. The number of hydrogen-bond acceptors (Lipinski definition) is 6. The molecule has 2 aromatic heterocycles. The summed E-state index contributed by atoms with van der Waals surface area (Å²) in [4.78, 5) is 32.3. The molecule has 2 heterocycles. The summed E-state index contributed by atoms with van der Waals surface area (Å²) in [5, 5.41) is 16.7. The van der Waals surface area contributed by atoms with Gasteiger partial charge in [0.05, 0.1) is 11.9 Å². The van der Waals surface area contributed by atoms with E-state index in [9.17, 15) is 14.7 Å². The number of anilines is 1. The first-order valence-electron chi connectivity index (χ1n) is 8.11. The van der Waals surface area contributed by atoms with E-state index in [1.807, 2.05) is 20.1 Å². The molecule has 0 fully saturated rings. The molecule has 0 spiro atoms. The highest BCUT2D eigenvalue weighted by atomic mass is 32.2. The predicted molar refractivity (Wildman–Crippen MR) is 99.4 cm³/mol. The van der Waals surface area contributed by atoms with Crippen LogP contribution in [0, 0.1) is 13.8 Å². The van der Waals surface area contributed by atoms with Crippen LogP contribution in [-0.2, 0) is 21.5 Å². The van der Waals surface area contributed by atoms with Gasteiger partial charge in [-0.3, -0.25) is 9.48 Å². The van der Waals surface area contributed by atoms with Gasteiger partial charge in [0.2, 0.25) is 5.91 Å². The highest BCUT2D eigenvalue weighted by molar-refractivity contribution is 7.98. The molecule has 0 aliphatic carbocycles. The number of hydrogen-bond donors (Lipinski definition) is 2. The van der Waals surface area contributed by atoms with Gasteiger partial charge in [0.1, 0.15) is 0 Å². The Morgan fingerprint density at radius 3 is 2.42 bits per heavy atom. The van der Waals surface area contributed by atoms with Gasteiger partial charge >= 0.3 is 5.97 Å². The van der Waals surface area contributed by atoms with Crippen molar-refractivity contribution in [1.29, 1.82) is 0 Å². The number of nitrogens with zero attached hydrogens (tertiary/aromatic N) is 4. The summed E-state index contributed by atoms with van der Waals surface area (Å²) in [6.45, 7) is 6.91. The second kappa shape index (κ2) is 7.86. The van der Waals surface area contributed by atoms with Crippen molar-refractivity contribution < 1.29 is 14.7 Å². The average molecular weight is 377 g/mol. The largest absolute Gasteiger partial charge is 0.479 e. The lowest BCUT2D eigenvalue weighted by molar-refractivity contribution is -0.146. The number of carboxylic acid groups (broad SMARTS) is 1. The van der Waals surface area contributed by atoms with Gasteiger partial charge in [-0.05, 0) is 45.9 Å². The van der Waals surface area contributed by atoms with E-state index < -0.39 is 11.5 Å². The molecule has 26 heavy (non-hydrogen) atoms. The summed E-state index contributed by atoms with van der Waals surface area (Å²) in [6, 6.07) is 0. The zero-order valence-corrected chi connectivity index (χ0v) is 16.3. The fourth-order valence-corrected chi connectivity index (χ4v) is 2.87. The number of aliphatic carboxylic acids is 1. The zero-order chi connectivity index (χ0) is 19.5. The van der Waals surface area contributed by atoms with E-state index in [2.05, 4.69) is 20.4 Å². The number of thioether (sulfide) groups is 1. The summed E-state index contributed by atoms with van der Waals surface area (Å²) in [5.41, 5.74) is 2.01. The molecular weight excluding hydrogens is 354 g/mol. The Morgan fingerprint density at radius 2 is 1.88 bits per heavy atom. The zero-order valence-electron chi connectivity index (χ0n) is 15.5. The summed E-state index contributed by atoms with van der Waals surface area (Å²) in [6.07, 6.45) is 5.69. The van der Waals surface area contributed by atoms with Gasteiger partial charge < -0.3 is 10.4 Å². The van der Waals surface area contributed by atoms with Gasteiger partial charge in [-0.2, -0.15) is 5.10 Å². The third-order valence-electron chi connectivity index (χ3n) is 4.15. The van der Waals surface area contributed by atoms with Crippen LogP contribution < -0.4 is 5.32 Å². The van der Waals surface area contributed by atoms with Crippen molar-refractivity contribution in [3.63, 3.8) is 0 Å². The number of carbonyl (C=O) groups excluding carboxylic acids is 1. The Balaban J connectivity index is 2.00. The number of amides is 1. The van der Waals surface area contributed by atoms with E-state index in [0.29, 0.717) is 12.1 Å². The number of nitrogens with one attached hydrogen (secondary N) is 1. The van der Waals surface area contributed by atoms with Crippen molar-refractivity contribution in [2.24, 2.45) is 0 Å². The minimum Gasteiger partial charge on any atom is -0.479 e. The number of aromatic nitrogens is 4. The highest BCUT2D eigenvalue weighted by Crippen LogP contribution is 2.19. The first kappa shape index (κ1) is 19.9. The van der Waals surface area contributed by atoms with Gasteiger partial charge in [0.25, 0.3) is 0 Å². The first-order chi connectivity index (χ1) is 12.1. The third kappa shape index (κ3) is 4.40. The average Bonchev–Trinajstić information content (AvgIpc) is 3.02. The van der Waals surface area contributed by atoms with Crippen LogP contribution in [-0.4, -0.2) is 43.0 Å². The summed E-state index contributed by atoms with van der Waals surface area (Å²) < 4.78 is 1.31. The lowest BCUT2D eigenvalue weighted by Crippen LogP contribution is -2.35. The van der Waals surface area contributed by atoms with E-state index in [-0.39, 0.29) is 12.3 Å². The van der Waals surface area contributed by atoms with Gasteiger partial charge in [-0.15, -0.1) is 0 Å². The van der Waals surface area contributed by atoms with Gasteiger partial charge in [-0.1, -0.05) is 11.8 Å². The molecular formula is C17H23N5O3S. The molecule has 0 aliphatic heterocycles. The van der Waals surface area contributed by atoms with Crippen molar-refractivity contribution in [3.8, 4) is 0 Å². The standard InChI is InChI=1S/C17H23N5O3S/c1-10-13(11(2)20-16(19-10)26-5)6-7-14(23)21-12-8-18-22(9-12)17(3,4)15(24)25/h8-9H,6-7H2,1-5H3,(H,21,23)(H,24,25). The van der Waals surface area contributed by atoms with Crippen LogP contribution in [0.1, 0.15) is 37.2 Å². The minimum absolute atomic E-state index is 0.176. The van der Waals surface area contributed by atoms with Crippen molar-refractivity contribution in [3.05, 3.63) is 29.3 Å². The van der Waals surface area contributed by atoms with E-state index in [0.717, 1.165) is 22.1 Å². The van der Waals surface area contributed by atoms with Crippen LogP contribution in [0.3, 0.4) is 0 Å². The molecule has 0 bridgehead atoms. The maximum atomic E-state index is 12.2. The molecule has 0 saturated carbocycles. The van der Waals surface area contributed by atoms with Crippen molar-refractivity contribution in [2.45, 2.75) is 51.2 Å². The predicted octanol–water partition coefficient (Wildman–Crippen LogP) is 2.40. The SMILES string of the molecule is CSc1nc(C)c(CCC(=O)Nc2cnn(C(C)(C)C(=O)O)c2)c(C)n1. The van der Waals surface area contributed by atoms with Gasteiger partial charge in [0.15, 0.2) is 10.7 Å². The summed E-state index contributed by atoms with van der Waals surface area (Å²) >= 11 is 1.49. The molecule has 1 amide bonds. The van der Waals surface area contributed by atoms with Crippen molar-refractivity contribution >= 4 is 29.3 Å². The molecule has 0 unspecified atom stereocenters. The lowest BCUT2D eigenvalue weighted by atomic mass is 10.1. The molecule has 0 aromatic carbocycles. The molecule has 2 N–H and O–H groups in total. The Morgan fingerprint density at radius 1 is 1.27 bits per heavy atom. The number of aryl methyl sites for hydroxylation is 2. The van der Waals surface area contributed by atoms with Crippen LogP contribution in [0.5, 0.6) is 0 Å². The Bertz CT molecular complexity index is 809. The quantitative estimate of drug-likeness (QED) is 0.563.